The first-order chi connectivity index (χ1) is 14.8. The highest BCUT2D eigenvalue weighted by atomic mass is 32.1. The van der Waals surface area contributed by atoms with Gasteiger partial charge in [-0.3, -0.25) is 9.48 Å². The zero-order chi connectivity index (χ0) is 22.7. The highest BCUT2D eigenvalue weighted by Crippen LogP contribution is 2.40. The van der Waals surface area contributed by atoms with Crippen LogP contribution in [0.25, 0.3) is 0 Å². The zero-order valence-electron chi connectivity index (χ0n) is 17.4. The quantitative estimate of drug-likeness (QED) is 0.573. The normalized spacial score (nSPS) is 13.4. The molecule has 0 unspecified atom stereocenters. The molecule has 1 N–H and O–H groups in total. The van der Waals surface area contributed by atoms with Crippen molar-refractivity contribution in [1.29, 1.82) is 0 Å². The van der Waals surface area contributed by atoms with E-state index in [1.54, 1.807) is 20.8 Å². The maximum atomic E-state index is 13.4. The number of thiophene rings is 1. The van der Waals surface area contributed by atoms with E-state index in [2.05, 4.69) is 10.4 Å². The molecule has 1 saturated carbocycles. The number of rotatable bonds is 9. The van der Waals surface area contributed by atoms with Crippen molar-refractivity contribution in [2.45, 2.75) is 52.5 Å². The van der Waals surface area contributed by atoms with Crippen molar-refractivity contribution in [2.24, 2.45) is 0 Å². The lowest BCUT2D eigenvalue weighted by molar-refractivity contribution is -0.117. The minimum absolute atomic E-state index is 0.0384. The fourth-order valence-electron chi connectivity index (χ4n) is 3.08. The molecule has 0 saturated heterocycles. The van der Waals surface area contributed by atoms with Crippen LogP contribution < -0.4 is 5.32 Å². The number of carbonyl (C=O) groups excluding carboxylic acids is 3. The molecule has 1 aliphatic carbocycles. The molecule has 3 rings (SSSR count). The van der Waals surface area contributed by atoms with Crippen LogP contribution in [0, 0.1) is 6.92 Å². The number of nitrogens with zero attached hydrogens (tertiary/aromatic N) is 2. The van der Waals surface area contributed by atoms with Gasteiger partial charge in [-0.05, 0) is 45.2 Å². The predicted octanol–water partition coefficient (Wildman–Crippen LogP) is 4.06. The number of ether oxygens (including phenoxy) is 2. The average Bonchev–Trinajstić information content (AvgIpc) is 3.38. The molecule has 2 aromatic heterocycles. The molecular weight excluding hydrogens is 432 g/mol. The summed E-state index contributed by atoms with van der Waals surface area (Å²) in [5, 5.41) is 6.79. The Morgan fingerprint density at radius 3 is 2.45 bits per heavy atom. The van der Waals surface area contributed by atoms with Gasteiger partial charge in [0.05, 0.1) is 24.5 Å². The summed E-state index contributed by atoms with van der Waals surface area (Å²) in [6, 6.07) is 1.33. The standard InChI is InChI=1S/C20H23F2N3O5S/c1-4-29-19(27)15-10(3)16(20(28)30-5-2)31-18(15)23-14(26)9-25-13(17(21)22)8-12(24-25)11-6-7-11/h8,11,17H,4-7,9H2,1-3H3,(H,23,26). The number of hydrogen-bond acceptors (Lipinski definition) is 7. The Morgan fingerprint density at radius 2 is 1.87 bits per heavy atom. The highest BCUT2D eigenvalue weighted by Gasteiger charge is 2.30. The van der Waals surface area contributed by atoms with Crippen molar-refractivity contribution in [3.63, 3.8) is 0 Å². The Hall–Kier alpha value is -2.82. The topological polar surface area (TPSA) is 99.5 Å². The average molecular weight is 455 g/mol. The van der Waals surface area contributed by atoms with E-state index in [1.807, 2.05) is 0 Å². The lowest BCUT2D eigenvalue weighted by Crippen LogP contribution is -2.22. The van der Waals surface area contributed by atoms with E-state index in [1.165, 1.54) is 6.07 Å². The maximum Gasteiger partial charge on any atom is 0.348 e. The maximum absolute atomic E-state index is 13.4. The van der Waals surface area contributed by atoms with Crippen LogP contribution in [0.15, 0.2) is 6.07 Å². The lowest BCUT2D eigenvalue weighted by Gasteiger charge is -2.09. The van der Waals surface area contributed by atoms with E-state index in [0.717, 1.165) is 28.9 Å². The molecule has 0 bridgehead atoms. The third-order valence-electron chi connectivity index (χ3n) is 4.68. The molecule has 1 amide bonds. The van der Waals surface area contributed by atoms with Gasteiger partial charge in [-0.25, -0.2) is 18.4 Å². The van der Waals surface area contributed by atoms with Crippen LogP contribution in [0.2, 0.25) is 0 Å². The van der Waals surface area contributed by atoms with E-state index < -0.39 is 30.8 Å². The summed E-state index contributed by atoms with van der Waals surface area (Å²) in [7, 11) is 0. The largest absolute Gasteiger partial charge is 0.462 e. The molecule has 0 spiro atoms. The molecule has 1 aliphatic rings. The van der Waals surface area contributed by atoms with Gasteiger partial charge in [-0.1, -0.05) is 0 Å². The van der Waals surface area contributed by atoms with Gasteiger partial charge in [-0.15, -0.1) is 11.3 Å². The van der Waals surface area contributed by atoms with E-state index >= 15 is 0 Å². The molecule has 1 fully saturated rings. The fraction of sp³-hybridized carbons (Fsp3) is 0.500. The number of nitrogens with one attached hydrogen (secondary N) is 1. The van der Waals surface area contributed by atoms with Crippen LogP contribution in [-0.2, 0) is 20.8 Å². The van der Waals surface area contributed by atoms with Crippen molar-refractivity contribution in [1.82, 2.24) is 9.78 Å². The van der Waals surface area contributed by atoms with E-state index in [4.69, 9.17) is 9.47 Å². The molecule has 2 aromatic rings. The minimum atomic E-state index is -2.78. The predicted molar refractivity (Wildman–Crippen MR) is 109 cm³/mol. The third-order valence-corrected chi connectivity index (χ3v) is 5.87. The van der Waals surface area contributed by atoms with Crippen molar-refractivity contribution in [3.8, 4) is 0 Å². The molecule has 11 heteroatoms. The van der Waals surface area contributed by atoms with Crippen LogP contribution in [0.5, 0.6) is 0 Å². The molecule has 0 aliphatic heterocycles. The molecular formula is C20H23F2N3O5S. The number of halogens is 2. The summed E-state index contributed by atoms with van der Waals surface area (Å²) in [5.41, 5.74) is 0.571. The summed E-state index contributed by atoms with van der Waals surface area (Å²) in [6.07, 6.45) is -0.998. The smallest absolute Gasteiger partial charge is 0.348 e. The number of esters is 2. The molecule has 2 heterocycles. The third kappa shape index (κ3) is 5.09. The Bertz CT molecular complexity index is 997. The number of carbonyl (C=O) groups is 3. The van der Waals surface area contributed by atoms with Crippen molar-refractivity contribution in [2.75, 3.05) is 18.5 Å². The fourth-order valence-corrected chi connectivity index (χ4v) is 4.18. The van der Waals surface area contributed by atoms with Crippen LogP contribution in [0.3, 0.4) is 0 Å². The van der Waals surface area contributed by atoms with Crippen molar-refractivity contribution in [3.05, 3.63) is 33.5 Å². The molecule has 8 nitrogen and oxygen atoms in total. The first-order valence-electron chi connectivity index (χ1n) is 9.90. The van der Waals surface area contributed by atoms with Crippen LogP contribution in [0.1, 0.15) is 76.0 Å². The monoisotopic (exact) mass is 455 g/mol. The first-order valence-corrected chi connectivity index (χ1v) is 10.7. The summed E-state index contributed by atoms with van der Waals surface area (Å²) < 4.78 is 37.8. The van der Waals surface area contributed by atoms with Gasteiger partial charge in [0.25, 0.3) is 6.43 Å². The van der Waals surface area contributed by atoms with E-state index in [-0.39, 0.29) is 40.3 Å². The SMILES string of the molecule is CCOC(=O)c1sc(NC(=O)Cn2nc(C3CC3)cc2C(F)F)c(C(=O)OCC)c1C. The number of anilines is 1. The number of amides is 1. The molecule has 0 aromatic carbocycles. The Kier molecular flexibility index (Phi) is 7.04. The van der Waals surface area contributed by atoms with Gasteiger partial charge in [0.2, 0.25) is 5.91 Å². The molecule has 168 valence electrons. The number of aromatic nitrogens is 2. The van der Waals surface area contributed by atoms with Gasteiger partial charge < -0.3 is 14.8 Å². The first kappa shape index (κ1) is 22.9. The van der Waals surface area contributed by atoms with Crippen LogP contribution >= 0.6 is 11.3 Å². The van der Waals surface area contributed by atoms with Gasteiger partial charge in [0.15, 0.2) is 0 Å². The summed E-state index contributed by atoms with van der Waals surface area (Å²) in [6.45, 7) is 4.62. The summed E-state index contributed by atoms with van der Waals surface area (Å²) in [5.74, 6) is -1.83. The van der Waals surface area contributed by atoms with Crippen LogP contribution in [-0.4, -0.2) is 40.8 Å². The van der Waals surface area contributed by atoms with Gasteiger partial charge in [0, 0.05) is 5.92 Å². The van der Waals surface area contributed by atoms with Gasteiger partial charge in [-0.2, -0.15) is 5.10 Å². The van der Waals surface area contributed by atoms with E-state index in [9.17, 15) is 23.2 Å². The summed E-state index contributed by atoms with van der Waals surface area (Å²) >= 11 is 0.873. The number of hydrogen-bond donors (Lipinski definition) is 1. The Balaban J connectivity index is 1.85. The second kappa shape index (κ2) is 9.54. The summed E-state index contributed by atoms with van der Waals surface area (Å²) in [4.78, 5) is 37.4. The second-order valence-corrected chi connectivity index (χ2v) is 8.00. The Labute approximate surface area is 181 Å². The van der Waals surface area contributed by atoms with E-state index in [0.29, 0.717) is 11.3 Å². The zero-order valence-corrected chi connectivity index (χ0v) is 18.2. The lowest BCUT2D eigenvalue weighted by atomic mass is 10.1. The van der Waals surface area contributed by atoms with Crippen molar-refractivity contribution < 1.29 is 32.6 Å². The number of alkyl halides is 2. The molecule has 0 radical (unpaired) electrons. The Morgan fingerprint density at radius 1 is 1.23 bits per heavy atom. The van der Waals surface area contributed by atoms with Gasteiger partial charge in [0.1, 0.15) is 22.1 Å². The molecule has 0 atom stereocenters. The van der Waals surface area contributed by atoms with Gasteiger partial charge >= 0.3 is 11.9 Å². The minimum Gasteiger partial charge on any atom is -0.462 e. The second-order valence-electron chi connectivity index (χ2n) is 6.98. The highest BCUT2D eigenvalue weighted by molar-refractivity contribution is 7.18. The van der Waals surface area contributed by atoms with Crippen molar-refractivity contribution >= 4 is 34.2 Å². The van der Waals surface area contributed by atoms with Crippen LogP contribution in [0.4, 0.5) is 13.8 Å². The molecule has 31 heavy (non-hydrogen) atoms.